The Bertz CT molecular complexity index is 222. The Kier molecular flexibility index (Phi) is 4.93. The first-order valence-corrected chi connectivity index (χ1v) is 6.25. The molecule has 0 saturated carbocycles. The Labute approximate surface area is 99.1 Å². The maximum Gasteiger partial charge on any atom is 0.127 e. The van der Waals surface area contributed by atoms with Crippen LogP contribution in [0.15, 0.2) is 0 Å². The first-order valence-electron chi connectivity index (χ1n) is 6.25. The van der Waals surface area contributed by atoms with Crippen molar-refractivity contribution in [2.24, 2.45) is 11.3 Å². The van der Waals surface area contributed by atoms with Crippen molar-refractivity contribution < 1.29 is 9.53 Å². The van der Waals surface area contributed by atoms with Crippen molar-refractivity contribution >= 4 is 6.29 Å². The summed E-state index contributed by atoms with van der Waals surface area (Å²) < 4.78 is 5.34. The van der Waals surface area contributed by atoms with Crippen molar-refractivity contribution in [3.05, 3.63) is 0 Å². The molecule has 1 saturated heterocycles. The maximum atomic E-state index is 11.3. The van der Waals surface area contributed by atoms with E-state index >= 15 is 0 Å². The molecule has 0 bridgehead atoms. The molecule has 0 spiro atoms. The van der Waals surface area contributed by atoms with Crippen LogP contribution in [-0.2, 0) is 9.53 Å². The summed E-state index contributed by atoms with van der Waals surface area (Å²) in [6.07, 6.45) is 2.89. The lowest BCUT2D eigenvalue weighted by Crippen LogP contribution is -2.45. The standard InChI is InChI=1S/C13H25NO2/c1-11(2)12(3)14(4)9-13(10-15)5-7-16-8-6-13/h10-12H,5-9H2,1-4H3. The minimum absolute atomic E-state index is 0.170. The van der Waals surface area contributed by atoms with Crippen molar-refractivity contribution in [1.82, 2.24) is 4.90 Å². The van der Waals surface area contributed by atoms with Gasteiger partial charge in [-0.2, -0.15) is 0 Å². The number of carbonyl (C=O) groups is 1. The van der Waals surface area contributed by atoms with Crippen LogP contribution in [0.5, 0.6) is 0 Å². The van der Waals surface area contributed by atoms with Gasteiger partial charge in [-0.05, 0) is 32.7 Å². The Morgan fingerprint density at radius 3 is 2.31 bits per heavy atom. The van der Waals surface area contributed by atoms with Crippen molar-refractivity contribution in [2.75, 3.05) is 26.8 Å². The first kappa shape index (κ1) is 13.7. The third kappa shape index (κ3) is 3.29. The van der Waals surface area contributed by atoms with Gasteiger partial charge in [-0.1, -0.05) is 13.8 Å². The number of hydrogen-bond donors (Lipinski definition) is 0. The van der Waals surface area contributed by atoms with E-state index in [0.29, 0.717) is 12.0 Å². The van der Waals surface area contributed by atoms with E-state index in [9.17, 15) is 4.79 Å². The van der Waals surface area contributed by atoms with Gasteiger partial charge < -0.3 is 14.4 Å². The second kappa shape index (κ2) is 5.78. The van der Waals surface area contributed by atoms with E-state index in [1.165, 1.54) is 0 Å². The molecule has 1 fully saturated rings. The maximum absolute atomic E-state index is 11.3. The Hall–Kier alpha value is -0.410. The van der Waals surface area contributed by atoms with E-state index in [2.05, 4.69) is 32.7 Å². The van der Waals surface area contributed by atoms with Crippen LogP contribution in [0.3, 0.4) is 0 Å². The molecule has 1 unspecified atom stereocenters. The predicted octanol–water partition coefficient (Wildman–Crippen LogP) is 1.96. The number of nitrogens with zero attached hydrogens (tertiary/aromatic N) is 1. The zero-order valence-electron chi connectivity index (χ0n) is 11.0. The lowest BCUT2D eigenvalue weighted by molar-refractivity contribution is -0.123. The summed E-state index contributed by atoms with van der Waals surface area (Å²) >= 11 is 0. The van der Waals surface area contributed by atoms with Crippen molar-refractivity contribution in [2.45, 2.75) is 39.7 Å². The second-order valence-corrected chi connectivity index (χ2v) is 5.49. The van der Waals surface area contributed by atoms with Crippen LogP contribution >= 0.6 is 0 Å². The largest absolute Gasteiger partial charge is 0.381 e. The smallest absolute Gasteiger partial charge is 0.127 e. The van der Waals surface area contributed by atoms with E-state index in [1.54, 1.807) is 0 Å². The zero-order chi connectivity index (χ0) is 12.2. The van der Waals surface area contributed by atoms with E-state index in [0.717, 1.165) is 38.9 Å². The Balaban J connectivity index is 2.58. The SMILES string of the molecule is CC(C)C(C)N(C)CC1(C=O)CCOCC1. The summed E-state index contributed by atoms with van der Waals surface area (Å²) in [6.45, 7) is 8.98. The molecule has 3 heteroatoms. The van der Waals surface area contributed by atoms with Crippen LogP contribution < -0.4 is 0 Å². The molecule has 16 heavy (non-hydrogen) atoms. The summed E-state index contributed by atoms with van der Waals surface area (Å²) in [5.74, 6) is 0.619. The molecule has 0 aromatic heterocycles. The fourth-order valence-corrected chi connectivity index (χ4v) is 2.24. The molecule has 0 aromatic rings. The highest BCUT2D eigenvalue weighted by Gasteiger charge is 2.34. The van der Waals surface area contributed by atoms with Gasteiger partial charge in [0.2, 0.25) is 0 Å². The van der Waals surface area contributed by atoms with Gasteiger partial charge in [0.05, 0.1) is 0 Å². The molecule has 1 aliphatic rings. The fourth-order valence-electron chi connectivity index (χ4n) is 2.24. The summed E-state index contributed by atoms with van der Waals surface area (Å²) in [7, 11) is 2.12. The van der Waals surface area contributed by atoms with E-state index in [1.807, 2.05) is 0 Å². The van der Waals surface area contributed by atoms with Crippen LogP contribution in [0.4, 0.5) is 0 Å². The van der Waals surface area contributed by atoms with Crippen molar-refractivity contribution in [3.8, 4) is 0 Å². The van der Waals surface area contributed by atoms with Gasteiger partial charge in [0.15, 0.2) is 0 Å². The topological polar surface area (TPSA) is 29.5 Å². The average molecular weight is 227 g/mol. The molecule has 1 heterocycles. The van der Waals surface area contributed by atoms with Crippen LogP contribution in [-0.4, -0.2) is 44.0 Å². The predicted molar refractivity (Wildman–Crippen MR) is 65.5 cm³/mol. The van der Waals surface area contributed by atoms with Gasteiger partial charge >= 0.3 is 0 Å². The zero-order valence-corrected chi connectivity index (χ0v) is 11.0. The molecule has 0 aliphatic carbocycles. The molecule has 94 valence electrons. The van der Waals surface area contributed by atoms with Gasteiger partial charge in [-0.25, -0.2) is 0 Å². The van der Waals surface area contributed by atoms with Gasteiger partial charge in [0, 0.05) is 31.2 Å². The molecule has 3 nitrogen and oxygen atoms in total. The summed E-state index contributed by atoms with van der Waals surface area (Å²) in [6, 6.07) is 0.514. The van der Waals surface area contributed by atoms with E-state index < -0.39 is 0 Å². The normalized spacial score (nSPS) is 22.4. The van der Waals surface area contributed by atoms with E-state index in [4.69, 9.17) is 4.74 Å². The number of aldehydes is 1. The molecule has 0 N–H and O–H groups in total. The number of ether oxygens (including phenoxy) is 1. The Morgan fingerprint density at radius 2 is 1.88 bits per heavy atom. The highest BCUT2D eigenvalue weighted by Crippen LogP contribution is 2.29. The van der Waals surface area contributed by atoms with Gasteiger partial charge in [-0.3, -0.25) is 0 Å². The lowest BCUT2D eigenvalue weighted by atomic mass is 9.81. The first-order chi connectivity index (χ1) is 7.51. The molecule has 0 radical (unpaired) electrons. The second-order valence-electron chi connectivity index (χ2n) is 5.49. The average Bonchev–Trinajstić information content (AvgIpc) is 2.29. The Morgan fingerprint density at radius 1 is 1.31 bits per heavy atom. The summed E-state index contributed by atoms with van der Waals surface area (Å²) in [4.78, 5) is 13.6. The molecular formula is C13H25NO2. The van der Waals surface area contributed by atoms with Gasteiger partial charge in [0.25, 0.3) is 0 Å². The molecule has 0 amide bonds. The van der Waals surface area contributed by atoms with Crippen LogP contribution in [0, 0.1) is 11.3 Å². The van der Waals surface area contributed by atoms with Gasteiger partial charge in [0.1, 0.15) is 6.29 Å². The van der Waals surface area contributed by atoms with E-state index in [-0.39, 0.29) is 5.41 Å². The van der Waals surface area contributed by atoms with Crippen molar-refractivity contribution in [3.63, 3.8) is 0 Å². The minimum Gasteiger partial charge on any atom is -0.381 e. The minimum atomic E-state index is -0.170. The highest BCUT2D eigenvalue weighted by molar-refractivity contribution is 5.60. The third-order valence-electron chi connectivity index (χ3n) is 3.96. The van der Waals surface area contributed by atoms with Crippen LogP contribution in [0.1, 0.15) is 33.6 Å². The monoisotopic (exact) mass is 227 g/mol. The highest BCUT2D eigenvalue weighted by atomic mass is 16.5. The molecule has 1 atom stereocenters. The number of carbonyl (C=O) groups excluding carboxylic acids is 1. The summed E-state index contributed by atoms with van der Waals surface area (Å²) in [5.41, 5.74) is -0.170. The van der Waals surface area contributed by atoms with Crippen molar-refractivity contribution in [1.29, 1.82) is 0 Å². The molecule has 0 aromatic carbocycles. The van der Waals surface area contributed by atoms with Crippen LogP contribution in [0.2, 0.25) is 0 Å². The number of hydrogen-bond acceptors (Lipinski definition) is 3. The third-order valence-corrected chi connectivity index (χ3v) is 3.96. The summed E-state index contributed by atoms with van der Waals surface area (Å²) in [5, 5.41) is 0. The van der Waals surface area contributed by atoms with Gasteiger partial charge in [-0.15, -0.1) is 0 Å². The fraction of sp³-hybridized carbons (Fsp3) is 0.923. The quantitative estimate of drug-likeness (QED) is 0.672. The molecule has 1 aliphatic heterocycles. The molecular weight excluding hydrogens is 202 g/mol. The lowest BCUT2D eigenvalue weighted by Gasteiger charge is -2.38. The van der Waals surface area contributed by atoms with Crippen LogP contribution in [0.25, 0.3) is 0 Å². The molecule has 1 rings (SSSR count). The number of rotatable bonds is 5.